The predicted molar refractivity (Wildman–Crippen MR) is 109 cm³/mol. The molecule has 1 fully saturated rings. The van der Waals surface area contributed by atoms with Gasteiger partial charge in [-0.15, -0.1) is 0 Å². The molecule has 0 saturated carbocycles. The maximum Gasteiger partial charge on any atom is 0.224 e. The van der Waals surface area contributed by atoms with Gasteiger partial charge in [-0.3, -0.25) is 4.79 Å². The molecule has 1 heterocycles. The van der Waals surface area contributed by atoms with Gasteiger partial charge in [0.15, 0.2) is 0 Å². The molecule has 2 aromatic rings. The van der Waals surface area contributed by atoms with Crippen LogP contribution in [0.3, 0.4) is 0 Å². The number of nitrogens with zero attached hydrogens (tertiary/aromatic N) is 1. The van der Waals surface area contributed by atoms with E-state index in [2.05, 4.69) is 0 Å². The van der Waals surface area contributed by atoms with Gasteiger partial charge in [-0.25, -0.2) is 0 Å². The van der Waals surface area contributed by atoms with Crippen molar-refractivity contribution in [3.05, 3.63) is 69.7 Å². The van der Waals surface area contributed by atoms with Gasteiger partial charge in [0.25, 0.3) is 0 Å². The summed E-state index contributed by atoms with van der Waals surface area (Å²) in [5.41, 5.74) is 8.36. The molecule has 0 unspecified atom stereocenters. The first kappa shape index (κ1) is 20.2. The van der Waals surface area contributed by atoms with E-state index in [-0.39, 0.29) is 36.8 Å². The summed E-state index contributed by atoms with van der Waals surface area (Å²) in [6, 6.07) is 14.9. The number of halogens is 2. The monoisotopic (exact) mass is 406 g/mol. The van der Waals surface area contributed by atoms with Crippen LogP contribution in [0.2, 0.25) is 10.0 Å². The van der Waals surface area contributed by atoms with Gasteiger partial charge in [-0.05, 0) is 41.8 Å². The van der Waals surface area contributed by atoms with Crippen molar-refractivity contribution >= 4 is 29.1 Å². The van der Waals surface area contributed by atoms with Crippen molar-refractivity contribution in [1.82, 2.24) is 4.90 Å². The van der Waals surface area contributed by atoms with Gasteiger partial charge in [-0.1, -0.05) is 47.5 Å². The lowest BCUT2D eigenvalue weighted by Gasteiger charge is -2.19. The van der Waals surface area contributed by atoms with Gasteiger partial charge in [-0.2, -0.15) is 0 Å². The molecule has 3 rings (SSSR count). The van der Waals surface area contributed by atoms with Crippen LogP contribution in [-0.4, -0.2) is 41.7 Å². The number of nitrogens with two attached hydrogens (primary N) is 1. The van der Waals surface area contributed by atoms with Crippen LogP contribution >= 0.6 is 23.2 Å². The second-order valence-corrected chi connectivity index (χ2v) is 8.07. The van der Waals surface area contributed by atoms with Gasteiger partial charge in [0, 0.05) is 54.0 Å². The molecular weight excluding hydrogens is 383 g/mol. The molecule has 1 aliphatic rings. The normalized spacial score (nSPS) is 20.7. The Morgan fingerprint density at radius 1 is 1.07 bits per heavy atom. The van der Waals surface area contributed by atoms with Crippen LogP contribution in [-0.2, 0) is 11.2 Å². The fraction of sp³-hybridized carbons (Fsp3) is 0.381. The number of hydrogen-bond donors (Lipinski definition) is 2. The maximum atomic E-state index is 12.7. The molecule has 27 heavy (non-hydrogen) atoms. The van der Waals surface area contributed by atoms with Crippen molar-refractivity contribution in [2.45, 2.75) is 24.8 Å². The highest BCUT2D eigenvalue weighted by Crippen LogP contribution is 2.33. The predicted octanol–water partition coefficient (Wildman–Crippen LogP) is 3.49. The summed E-state index contributed by atoms with van der Waals surface area (Å²) in [7, 11) is 0. The first-order valence-corrected chi connectivity index (χ1v) is 9.86. The Morgan fingerprint density at radius 3 is 2.26 bits per heavy atom. The third kappa shape index (κ3) is 5.23. The summed E-state index contributed by atoms with van der Waals surface area (Å²) in [6.07, 6.45) is 0.912. The summed E-state index contributed by atoms with van der Waals surface area (Å²) in [6.45, 7) is 1.20. The number of likely N-dealkylation sites (tertiary alicyclic amines) is 1. The first-order chi connectivity index (χ1) is 13.0. The van der Waals surface area contributed by atoms with E-state index in [4.69, 9.17) is 28.9 Å². The molecule has 3 N–H and O–H groups in total. The third-order valence-corrected chi connectivity index (χ3v) is 5.68. The Bertz CT molecular complexity index is 765. The van der Waals surface area contributed by atoms with Gasteiger partial charge >= 0.3 is 0 Å². The number of aliphatic hydroxyl groups is 1. The Hall–Kier alpha value is -1.59. The molecule has 4 nitrogen and oxygen atoms in total. The van der Waals surface area contributed by atoms with E-state index < -0.39 is 0 Å². The molecule has 1 saturated heterocycles. The van der Waals surface area contributed by atoms with Crippen molar-refractivity contribution < 1.29 is 9.90 Å². The van der Waals surface area contributed by atoms with Crippen molar-refractivity contribution in [1.29, 1.82) is 0 Å². The highest BCUT2D eigenvalue weighted by molar-refractivity contribution is 6.30. The lowest BCUT2D eigenvalue weighted by atomic mass is 9.90. The van der Waals surface area contributed by atoms with Gasteiger partial charge in [0.05, 0.1) is 0 Å². The Labute approximate surface area is 169 Å². The fourth-order valence-corrected chi connectivity index (χ4v) is 3.95. The molecule has 144 valence electrons. The zero-order valence-electron chi connectivity index (χ0n) is 15.0. The van der Waals surface area contributed by atoms with Crippen molar-refractivity contribution in [3.8, 4) is 0 Å². The molecule has 0 radical (unpaired) electrons. The quantitative estimate of drug-likeness (QED) is 0.771. The van der Waals surface area contributed by atoms with E-state index in [0.717, 1.165) is 11.1 Å². The fourth-order valence-electron chi connectivity index (χ4n) is 3.70. The summed E-state index contributed by atoms with van der Waals surface area (Å²) in [5, 5.41) is 11.1. The number of rotatable bonds is 6. The van der Waals surface area contributed by atoms with E-state index in [9.17, 15) is 9.90 Å². The summed E-state index contributed by atoms with van der Waals surface area (Å²) in [4.78, 5) is 14.5. The molecule has 1 amide bonds. The van der Waals surface area contributed by atoms with Crippen LogP contribution in [0.25, 0.3) is 0 Å². The zero-order valence-corrected chi connectivity index (χ0v) is 16.5. The second kappa shape index (κ2) is 9.07. The number of carbonyl (C=O) groups is 1. The number of aliphatic hydroxyl groups excluding tert-OH is 1. The largest absolute Gasteiger partial charge is 0.396 e. The topological polar surface area (TPSA) is 66.6 Å². The van der Waals surface area contributed by atoms with Gasteiger partial charge in [0.2, 0.25) is 5.91 Å². The lowest BCUT2D eigenvalue weighted by molar-refractivity contribution is -0.130. The SMILES string of the molecule is N[C@@H](CC(=O)N1C[C@@H](CO)[C@H](c2ccc(Cl)cc2)C1)Cc1ccc(Cl)cc1. The number of carbonyl (C=O) groups excluding carboxylic acids is 1. The highest BCUT2D eigenvalue weighted by atomic mass is 35.5. The standard InChI is InChI=1S/C21H24Cl2N2O2/c22-17-5-1-14(2-6-17)9-19(24)10-21(27)25-11-16(13-26)20(12-25)15-3-7-18(23)8-4-15/h1-8,16,19-20,26H,9-13,24H2/t16-,19+,20-/m0/s1. The van der Waals surface area contributed by atoms with E-state index in [1.54, 1.807) is 0 Å². The Morgan fingerprint density at radius 2 is 1.67 bits per heavy atom. The van der Waals surface area contributed by atoms with E-state index in [1.165, 1.54) is 0 Å². The van der Waals surface area contributed by atoms with Crippen LogP contribution in [0.1, 0.15) is 23.5 Å². The molecule has 1 aliphatic heterocycles. The van der Waals surface area contributed by atoms with Crippen LogP contribution in [0.5, 0.6) is 0 Å². The summed E-state index contributed by atoms with van der Waals surface area (Å²) < 4.78 is 0. The van der Waals surface area contributed by atoms with Crippen LogP contribution < -0.4 is 5.73 Å². The Kier molecular flexibility index (Phi) is 6.77. The molecule has 0 bridgehead atoms. The Balaban J connectivity index is 1.59. The highest BCUT2D eigenvalue weighted by Gasteiger charge is 2.35. The molecule has 3 atom stereocenters. The average Bonchev–Trinajstić information content (AvgIpc) is 3.09. The molecule has 0 spiro atoms. The molecule has 0 aromatic heterocycles. The minimum absolute atomic E-state index is 0.0302. The van der Waals surface area contributed by atoms with E-state index in [1.807, 2.05) is 53.4 Å². The van der Waals surface area contributed by atoms with Crippen molar-refractivity contribution in [2.75, 3.05) is 19.7 Å². The van der Waals surface area contributed by atoms with Gasteiger partial charge < -0.3 is 15.7 Å². The molecule has 6 heteroatoms. The van der Waals surface area contributed by atoms with Crippen LogP contribution in [0, 0.1) is 5.92 Å². The molecular formula is C21H24Cl2N2O2. The zero-order chi connectivity index (χ0) is 19.4. The minimum Gasteiger partial charge on any atom is -0.396 e. The third-order valence-electron chi connectivity index (χ3n) is 5.17. The van der Waals surface area contributed by atoms with Crippen LogP contribution in [0.15, 0.2) is 48.5 Å². The van der Waals surface area contributed by atoms with E-state index in [0.29, 0.717) is 29.6 Å². The number of amides is 1. The molecule has 2 aromatic carbocycles. The average molecular weight is 407 g/mol. The lowest BCUT2D eigenvalue weighted by Crippen LogP contribution is -2.35. The number of hydrogen-bond acceptors (Lipinski definition) is 3. The summed E-state index contributed by atoms with van der Waals surface area (Å²) in [5.74, 6) is 0.178. The maximum absolute atomic E-state index is 12.7. The van der Waals surface area contributed by atoms with Crippen molar-refractivity contribution in [3.63, 3.8) is 0 Å². The first-order valence-electron chi connectivity index (χ1n) is 9.10. The van der Waals surface area contributed by atoms with Crippen molar-refractivity contribution in [2.24, 2.45) is 11.7 Å². The summed E-state index contributed by atoms with van der Waals surface area (Å²) >= 11 is 11.9. The van der Waals surface area contributed by atoms with E-state index >= 15 is 0 Å². The second-order valence-electron chi connectivity index (χ2n) is 7.19. The smallest absolute Gasteiger partial charge is 0.224 e. The van der Waals surface area contributed by atoms with Crippen LogP contribution in [0.4, 0.5) is 0 Å². The molecule has 0 aliphatic carbocycles. The minimum atomic E-state index is -0.249. The number of benzene rings is 2. The van der Waals surface area contributed by atoms with Gasteiger partial charge in [0.1, 0.15) is 0 Å².